The summed E-state index contributed by atoms with van der Waals surface area (Å²) in [6.45, 7) is 3.43. The highest BCUT2D eigenvalue weighted by molar-refractivity contribution is 5.95. The molecule has 1 aromatic heterocycles. The molecule has 0 saturated carbocycles. The Bertz CT molecular complexity index is 822. The van der Waals surface area contributed by atoms with Crippen LogP contribution in [0.3, 0.4) is 0 Å². The Kier molecular flexibility index (Phi) is 6.38. The first-order valence-corrected chi connectivity index (χ1v) is 9.06. The van der Waals surface area contributed by atoms with Crippen LogP contribution in [0.1, 0.15) is 10.4 Å². The van der Waals surface area contributed by atoms with E-state index in [-0.39, 0.29) is 17.2 Å². The zero-order chi connectivity index (χ0) is 19.9. The number of methoxy groups -OCH3 is 1. The molecule has 0 radical (unpaired) electrons. The SMILES string of the molecule is COCCNC(=O)c1ccc(N2CCN(c3ccccn3)CC2)c([N+](=O)[O-])c1. The molecule has 0 spiro atoms. The highest BCUT2D eigenvalue weighted by Gasteiger charge is 2.25. The minimum absolute atomic E-state index is 0.0642. The first kappa shape index (κ1) is 19.6. The van der Waals surface area contributed by atoms with Crippen molar-refractivity contribution in [2.75, 3.05) is 56.2 Å². The number of hydrogen-bond donors (Lipinski definition) is 1. The van der Waals surface area contributed by atoms with E-state index in [1.54, 1.807) is 25.4 Å². The van der Waals surface area contributed by atoms with Crippen LogP contribution in [-0.4, -0.2) is 62.3 Å². The average Bonchev–Trinajstić information content (AvgIpc) is 2.74. The van der Waals surface area contributed by atoms with Gasteiger partial charge in [-0.1, -0.05) is 6.07 Å². The number of carbonyl (C=O) groups is 1. The molecular weight excluding hydrogens is 362 g/mol. The molecule has 1 aromatic carbocycles. The maximum atomic E-state index is 12.2. The van der Waals surface area contributed by atoms with Gasteiger partial charge in [0, 0.05) is 57.7 Å². The van der Waals surface area contributed by atoms with Gasteiger partial charge in [-0.25, -0.2) is 4.98 Å². The topological polar surface area (TPSA) is 101 Å². The number of carbonyl (C=O) groups excluding carboxylic acids is 1. The molecule has 1 fully saturated rings. The molecule has 28 heavy (non-hydrogen) atoms. The van der Waals surface area contributed by atoms with Crippen LogP contribution in [0.2, 0.25) is 0 Å². The standard InChI is InChI=1S/C19H23N5O4/c1-28-13-8-21-19(25)15-5-6-16(17(14-15)24(26)27)22-9-11-23(12-10-22)18-4-2-3-7-20-18/h2-7,14H,8-13H2,1H3,(H,21,25). The van der Waals surface area contributed by atoms with E-state index in [4.69, 9.17) is 4.74 Å². The van der Waals surface area contributed by atoms with Gasteiger partial charge in [0.1, 0.15) is 11.5 Å². The number of aromatic nitrogens is 1. The van der Waals surface area contributed by atoms with E-state index < -0.39 is 4.92 Å². The van der Waals surface area contributed by atoms with Gasteiger partial charge in [0.2, 0.25) is 0 Å². The van der Waals surface area contributed by atoms with Crippen molar-refractivity contribution in [3.63, 3.8) is 0 Å². The summed E-state index contributed by atoms with van der Waals surface area (Å²) in [6.07, 6.45) is 1.75. The molecule has 148 valence electrons. The Morgan fingerprint density at radius 3 is 2.61 bits per heavy atom. The van der Waals surface area contributed by atoms with Crippen LogP contribution < -0.4 is 15.1 Å². The van der Waals surface area contributed by atoms with Crippen LogP contribution >= 0.6 is 0 Å². The quantitative estimate of drug-likeness (QED) is 0.440. The number of pyridine rings is 1. The molecule has 0 bridgehead atoms. The lowest BCUT2D eigenvalue weighted by Gasteiger charge is -2.36. The number of hydrogen-bond acceptors (Lipinski definition) is 7. The fourth-order valence-corrected chi connectivity index (χ4v) is 3.16. The molecule has 2 aromatic rings. The van der Waals surface area contributed by atoms with E-state index in [2.05, 4.69) is 15.2 Å². The normalized spacial score (nSPS) is 14.0. The molecule has 0 unspecified atom stereocenters. The van der Waals surface area contributed by atoms with Crippen LogP contribution in [0.5, 0.6) is 0 Å². The van der Waals surface area contributed by atoms with Gasteiger partial charge in [-0.05, 0) is 24.3 Å². The minimum atomic E-state index is -0.438. The van der Waals surface area contributed by atoms with Crippen LogP contribution in [0, 0.1) is 10.1 Å². The summed E-state index contributed by atoms with van der Waals surface area (Å²) < 4.78 is 4.89. The molecule has 2 heterocycles. The number of nitro benzene ring substituents is 1. The molecule has 0 atom stereocenters. The van der Waals surface area contributed by atoms with Crippen molar-refractivity contribution >= 4 is 23.1 Å². The number of anilines is 2. The number of nitro groups is 1. The molecule has 0 aliphatic carbocycles. The van der Waals surface area contributed by atoms with E-state index in [9.17, 15) is 14.9 Å². The zero-order valence-corrected chi connectivity index (χ0v) is 15.7. The monoisotopic (exact) mass is 385 g/mol. The lowest BCUT2D eigenvalue weighted by Crippen LogP contribution is -2.47. The molecule has 1 aliphatic rings. The zero-order valence-electron chi connectivity index (χ0n) is 15.7. The van der Waals surface area contributed by atoms with Crippen molar-refractivity contribution in [3.8, 4) is 0 Å². The second kappa shape index (κ2) is 9.14. The second-order valence-electron chi connectivity index (χ2n) is 6.37. The van der Waals surface area contributed by atoms with Gasteiger partial charge in [0.15, 0.2) is 0 Å². The summed E-state index contributed by atoms with van der Waals surface area (Å²) in [7, 11) is 1.54. The largest absolute Gasteiger partial charge is 0.383 e. The molecule has 9 nitrogen and oxygen atoms in total. The first-order valence-electron chi connectivity index (χ1n) is 9.06. The molecule has 3 rings (SSSR count). The number of piperazine rings is 1. The van der Waals surface area contributed by atoms with Crippen LogP contribution in [0.15, 0.2) is 42.6 Å². The number of nitrogens with one attached hydrogen (secondary N) is 1. The van der Waals surface area contributed by atoms with E-state index >= 15 is 0 Å². The van der Waals surface area contributed by atoms with Gasteiger partial charge >= 0.3 is 0 Å². The summed E-state index contributed by atoms with van der Waals surface area (Å²) in [5.41, 5.74) is 0.725. The maximum Gasteiger partial charge on any atom is 0.293 e. The van der Waals surface area contributed by atoms with Crippen LogP contribution in [0.4, 0.5) is 17.2 Å². The first-order chi connectivity index (χ1) is 13.6. The highest BCUT2D eigenvalue weighted by atomic mass is 16.6. The predicted octanol–water partition coefficient (Wildman–Crippen LogP) is 1.69. The summed E-state index contributed by atoms with van der Waals surface area (Å²) >= 11 is 0. The van der Waals surface area contributed by atoms with Crippen molar-refractivity contribution in [1.82, 2.24) is 10.3 Å². The van der Waals surface area contributed by atoms with Crippen molar-refractivity contribution in [2.45, 2.75) is 0 Å². The maximum absolute atomic E-state index is 12.2. The van der Waals surface area contributed by atoms with Crippen molar-refractivity contribution in [1.29, 1.82) is 0 Å². The summed E-state index contributed by atoms with van der Waals surface area (Å²) in [5.74, 6) is 0.548. The third-order valence-electron chi connectivity index (χ3n) is 4.62. The number of amides is 1. The molecule has 1 saturated heterocycles. The number of rotatable bonds is 7. The van der Waals surface area contributed by atoms with Crippen LogP contribution in [-0.2, 0) is 4.74 Å². The number of ether oxygens (including phenoxy) is 1. The molecule has 1 N–H and O–H groups in total. The second-order valence-corrected chi connectivity index (χ2v) is 6.37. The number of benzene rings is 1. The van der Waals surface area contributed by atoms with Crippen molar-refractivity contribution in [2.24, 2.45) is 0 Å². The summed E-state index contributed by atoms with van der Waals surface area (Å²) in [6, 6.07) is 10.4. The van der Waals surface area contributed by atoms with Gasteiger partial charge in [0.05, 0.1) is 11.5 Å². The van der Waals surface area contributed by atoms with Gasteiger partial charge in [-0.3, -0.25) is 14.9 Å². The minimum Gasteiger partial charge on any atom is -0.383 e. The molecule has 1 amide bonds. The third kappa shape index (κ3) is 4.55. The Labute approximate surface area is 163 Å². The van der Waals surface area contributed by atoms with E-state index in [0.29, 0.717) is 45.0 Å². The summed E-state index contributed by atoms with van der Waals surface area (Å²) in [5, 5.41) is 14.3. The average molecular weight is 385 g/mol. The molecule has 9 heteroatoms. The molecular formula is C19H23N5O4. The highest BCUT2D eigenvalue weighted by Crippen LogP contribution is 2.30. The van der Waals surface area contributed by atoms with Gasteiger partial charge < -0.3 is 19.9 Å². The van der Waals surface area contributed by atoms with E-state index in [1.165, 1.54) is 6.07 Å². The lowest BCUT2D eigenvalue weighted by molar-refractivity contribution is -0.384. The third-order valence-corrected chi connectivity index (χ3v) is 4.62. The Hall–Kier alpha value is -3.20. The molecule has 1 aliphatic heterocycles. The Morgan fingerprint density at radius 2 is 1.96 bits per heavy atom. The van der Waals surface area contributed by atoms with Gasteiger partial charge in [0.25, 0.3) is 11.6 Å². The Morgan fingerprint density at radius 1 is 1.21 bits per heavy atom. The van der Waals surface area contributed by atoms with Crippen LogP contribution in [0.25, 0.3) is 0 Å². The fraction of sp³-hybridized carbons (Fsp3) is 0.368. The Balaban J connectivity index is 1.71. The van der Waals surface area contributed by atoms with Gasteiger partial charge in [-0.2, -0.15) is 0 Å². The van der Waals surface area contributed by atoms with E-state index in [0.717, 1.165) is 5.82 Å². The van der Waals surface area contributed by atoms with Crippen molar-refractivity contribution < 1.29 is 14.5 Å². The smallest absolute Gasteiger partial charge is 0.293 e. The summed E-state index contributed by atoms with van der Waals surface area (Å²) in [4.78, 5) is 31.8. The lowest BCUT2D eigenvalue weighted by atomic mass is 10.1. The fourth-order valence-electron chi connectivity index (χ4n) is 3.16. The van der Waals surface area contributed by atoms with Gasteiger partial charge in [-0.15, -0.1) is 0 Å². The van der Waals surface area contributed by atoms with E-state index in [1.807, 2.05) is 23.1 Å². The predicted molar refractivity (Wildman–Crippen MR) is 106 cm³/mol. The van der Waals surface area contributed by atoms with Crippen molar-refractivity contribution in [3.05, 3.63) is 58.3 Å². The number of nitrogens with zero attached hydrogens (tertiary/aromatic N) is 4.